The van der Waals surface area contributed by atoms with E-state index in [1.165, 1.54) is 19.3 Å². The van der Waals surface area contributed by atoms with Crippen molar-refractivity contribution in [2.45, 2.75) is 0 Å². The molecule has 2 aromatic carbocycles. The minimum absolute atomic E-state index is 0.0725. The molecule has 0 unspecified atom stereocenters. The van der Waals surface area contributed by atoms with E-state index in [9.17, 15) is 9.90 Å². The van der Waals surface area contributed by atoms with Crippen LogP contribution in [0, 0.1) is 11.3 Å². The lowest BCUT2D eigenvalue weighted by Gasteiger charge is -2.06. The molecule has 6 heteroatoms. The number of aromatic hydroxyl groups is 1. The fourth-order valence-electron chi connectivity index (χ4n) is 1.84. The van der Waals surface area contributed by atoms with Crippen LogP contribution in [0.25, 0.3) is 6.08 Å². The van der Waals surface area contributed by atoms with Crippen LogP contribution in [0.2, 0.25) is 5.02 Å². The van der Waals surface area contributed by atoms with Crippen molar-refractivity contribution in [3.05, 3.63) is 58.6 Å². The fraction of sp³-hybridized carbons (Fsp3) is 0.0588. The van der Waals surface area contributed by atoms with E-state index in [1.807, 2.05) is 6.07 Å². The first kappa shape index (κ1) is 16.4. The number of phenols is 1. The van der Waals surface area contributed by atoms with Gasteiger partial charge in [0.2, 0.25) is 0 Å². The van der Waals surface area contributed by atoms with Gasteiger partial charge in [0.15, 0.2) is 11.5 Å². The second-order valence-electron chi connectivity index (χ2n) is 4.56. The number of benzene rings is 2. The third-order valence-electron chi connectivity index (χ3n) is 2.98. The molecule has 23 heavy (non-hydrogen) atoms. The van der Waals surface area contributed by atoms with Gasteiger partial charge in [-0.2, -0.15) is 5.26 Å². The summed E-state index contributed by atoms with van der Waals surface area (Å²) >= 11 is 5.77. The highest BCUT2D eigenvalue weighted by Crippen LogP contribution is 2.27. The van der Waals surface area contributed by atoms with Crippen LogP contribution in [0.1, 0.15) is 5.56 Å². The summed E-state index contributed by atoms with van der Waals surface area (Å²) in [6.45, 7) is 0. The van der Waals surface area contributed by atoms with Crippen molar-refractivity contribution in [2.24, 2.45) is 0 Å². The van der Waals surface area contributed by atoms with E-state index in [1.54, 1.807) is 36.4 Å². The van der Waals surface area contributed by atoms with Crippen molar-refractivity contribution in [1.82, 2.24) is 0 Å². The first-order chi connectivity index (χ1) is 11.0. The first-order valence-electron chi connectivity index (χ1n) is 6.59. The number of phenolic OH excluding ortho intramolecular Hbond substituents is 1. The summed E-state index contributed by atoms with van der Waals surface area (Å²) in [5, 5.41) is 22.0. The maximum atomic E-state index is 12.1. The summed E-state index contributed by atoms with van der Waals surface area (Å²) in [4.78, 5) is 12.1. The largest absolute Gasteiger partial charge is 0.504 e. The van der Waals surface area contributed by atoms with Crippen molar-refractivity contribution in [2.75, 3.05) is 12.4 Å². The molecule has 0 bridgehead atoms. The molecule has 0 aromatic heterocycles. The number of amides is 1. The van der Waals surface area contributed by atoms with Gasteiger partial charge in [-0.05, 0) is 48.0 Å². The summed E-state index contributed by atoms with van der Waals surface area (Å²) in [6.07, 6.45) is 1.38. The Labute approximate surface area is 138 Å². The lowest BCUT2D eigenvalue weighted by Crippen LogP contribution is -2.13. The van der Waals surface area contributed by atoms with Crippen LogP contribution in [-0.4, -0.2) is 18.1 Å². The number of nitrogens with one attached hydrogen (secondary N) is 1. The van der Waals surface area contributed by atoms with E-state index >= 15 is 0 Å². The monoisotopic (exact) mass is 328 g/mol. The molecule has 0 fully saturated rings. The van der Waals surface area contributed by atoms with E-state index in [0.717, 1.165) is 0 Å². The Hall–Kier alpha value is -2.97. The molecule has 0 aliphatic heterocycles. The molecule has 2 aromatic rings. The number of nitriles is 1. The molecule has 2 rings (SSSR count). The Morgan fingerprint density at radius 3 is 2.57 bits per heavy atom. The molecule has 0 saturated heterocycles. The lowest BCUT2D eigenvalue weighted by molar-refractivity contribution is -0.112. The predicted molar refractivity (Wildman–Crippen MR) is 88.3 cm³/mol. The molecule has 0 atom stereocenters. The zero-order valence-electron chi connectivity index (χ0n) is 12.2. The molecule has 0 spiro atoms. The van der Waals surface area contributed by atoms with E-state index in [0.29, 0.717) is 22.0 Å². The standard InChI is InChI=1S/C17H13ClN2O3/c1-23-16-7-2-11(9-15(16)21)8-12(10-19)17(22)20-14-5-3-13(18)4-6-14/h2-9,21H,1H3,(H,20,22)/b12-8-. The van der Waals surface area contributed by atoms with Gasteiger partial charge >= 0.3 is 0 Å². The van der Waals surface area contributed by atoms with Crippen LogP contribution < -0.4 is 10.1 Å². The Morgan fingerprint density at radius 1 is 1.30 bits per heavy atom. The van der Waals surface area contributed by atoms with Crippen LogP contribution in [0.15, 0.2) is 48.0 Å². The Bertz CT molecular complexity index is 792. The van der Waals surface area contributed by atoms with Crippen molar-refractivity contribution in [3.8, 4) is 17.6 Å². The zero-order valence-corrected chi connectivity index (χ0v) is 13.0. The zero-order chi connectivity index (χ0) is 16.8. The summed E-state index contributed by atoms with van der Waals surface area (Å²) < 4.78 is 4.94. The van der Waals surface area contributed by atoms with Gasteiger partial charge in [0, 0.05) is 10.7 Å². The van der Waals surface area contributed by atoms with Crippen molar-refractivity contribution in [1.29, 1.82) is 5.26 Å². The molecular formula is C17H13ClN2O3. The number of hydrogen-bond donors (Lipinski definition) is 2. The topological polar surface area (TPSA) is 82.3 Å². The SMILES string of the molecule is COc1ccc(/C=C(/C#N)C(=O)Nc2ccc(Cl)cc2)cc1O. The molecule has 0 aliphatic carbocycles. The molecule has 116 valence electrons. The highest BCUT2D eigenvalue weighted by Gasteiger charge is 2.10. The number of methoxy groups -OCH3 is 1. The lowest BCUT2D eigenvalue weighted by atomic mass is 10.1. The number of rotatable bonds is 4. The minimum atomic E-state index is -0.551. The van der Waals surface area contributed by atoms with Crippen LogP contribution in [0.5, 0.6) is 11.5 Å². The summed E-state index contributed by atoms with van der Waals surface area (Å²) in [6, 6.07) is 13.0. The van der Waals surface area contributed by atoms with Crippen molar-refractivity contribution in [3.63, 3.8) is 0 Å². The second kappa shape index (κ2) is 7.34. The first-order valence-corrected chi connectivity index (χ1v) is 6.97. The summed E-state index contributed by atoms with van der Waals surface area (Å²) in [7, 11) is 1.44. The molecule has 0 radical (unpaired) electrons. The van der Waals surface area contributed by atoms with Gasteiger partial charge in [0.1, 0.15) is 11.6 Å². The van der Waals surface area contributed by atoms with Crippen LogP contribution in [-0.2, 0) is 4.79 Å². The summed E-state index contributed by atoms with van der Waals surface area (Å²) in [5.41, 5.74) is 0.939. The Morgan fingerprint density at radius 2 is 2.00 bits per heavy atom. The number of ether oxygens (including phenoxy) is 1. The van der Waals surface area contributed by atoms with Crippen LogP contribution in [0.3, 0.4) is 0 Å². The van der Waals surface area contributed by atoms with Crippen LogP contribution >= 0.6 is 11.6 Å². The smallest absolute Gasteiger partial charge is 0.266 e. The molecule has 5 nitrogen and oxygen atoms in total. The highest BCUT2D eigenvalue weighted by atomic mass is 35.5. The van der Waals surface area contributed by atoms with E-state index in [2.05, 4.69) is 5.32 Å². The van der Waals surface area contributed by atoms with Crippen LogP contribution in [0.4, 0.5) is 5.69 Å². The molecule has 1 amide bonds. The van der Waals surface area contributed by atoms with Gasteiger partial charge < -0.3 is 15.2 Å². The average Bonchev–Trinajstić information content (AvgIpc) is 2.54. The average molecular weight is 329 g/mol. The molecule has 0 saturated carbocycles. The number of anilines is 1. The van der Waals surface area contributed by atoms with Gasteiger partial charge in [-0.1, -0.05) is 17.7 Å². The Kier molecular flexibility index (Phi) is 5.23. The molecule has 0 heterocycles. The normalized spacial score (nSPS) is 10.7. The molecule has 0 aliphatic rings. The minimum Gasteiger partial charge on any atom is -0.504 e. The van der Waals surface area contributed by atoms with E-state index in [4.69, 9.17) is 21.6 Å². The Balaban J connectivity index is 2.21. The summed E-state index contributed by atoms with van der Waals surface area (Å²) in [5.74, 6) is -0.312. The van der Waals surface area contributed by atoms with E-state index < -0.39 is 5.91 Å². The van der Waals surface area contributed by atoms with Crippen molar-refractivity contribution < 1.29 is 14.6 Å². The third kappa shape index (κ3) is 4.25. The molecule has 2 N–H and O–H groups in total. The van der Waals surface area contributed by atoms with Gasteiger partial charge in [-0.15, -0.1) is 0 Å². The number of carbonyl (C=O) groups excluding carboxylic acids is 1. The third-order valence-corrected chi connectivity index (χ3v) is 3.23. The van der Waals surface area contributed by atoms with Gasteiger partial charge in [-0.3, -0.25) is 4.79 Å². The maximum Gasteiger partial charge on any atom is 0.266 e. The predicted octanol–water partition coefficient (Wildman–Crippen LogP) is 3.60. The quantitative estimate of drug-likeness (QED) is 0.663. The van der Waals surface area contributed by atoms with Gasteiger partial charge in [0.25, 0.3) is 5.91 Å². The van der Waals surface area contributed by atoms with Gasteiger partial charge in [-0.25, -0.2) is 0 Å². The number of halogens is 1. The number of carbonyl (C=O) groups is 1. The fourth-order valence-corrected chi connectivity index (χ4v) is 1.97. The maximum absolute atomic E-state index is 12.1. The van der Waals surface area contributed by atoms with Crippen molar-refractivity contribution >= 4 is 29.3 Å². The van der Waals surface area contributed by atoms with E-state index in [-0.39, 0.29) is 11.3 Å². The highest BCUT2D eigenvalue weighted by molar-refractivity contribution is 6.30. The number of hydrogen-bond acceptors (Lipinski definition) is 4. The van der Waals surface area contributed by atoms with Gasteiger partial charge in [0.05, 0.1) is 7.11 Å². The second-order valence-corrected chi connectivity index (χ2v) is 5.00. The molecular weight excluding hydrogens is 316 g/mol. The number of nitrogens with zero attached hydrogens (tertiary/aromatic N) is 1.